The van der Waals surface area contributed by atoms with Crippen LogP contribution in [0.3, 0.4) is 0 Å². The Bertz CT molecular complexity index is 984. The predicted molar refractivity (Wildman–Crippen MR) is 99.9 cm³/mol. The van der Waals surface area contributed by atoms with E-state index in [2.05, 4.69) is 15.5 Å². The molecule has 0 bridgehead atoms. The number of aryl methyl sites for hydroxylation is 1. The standard InChI is InChI=1S/C16H14Cl2N6O3/c17-12-2-1-11(14(18)7-12)9-23-5-3-15(21-23)20-16(25)4-6-22-10-13(8-19-22)24(26)27/h1-3,5,7-8,10H,4,6,9H2,(H,20,21,25). The summed E-state index contributed by atoms with van der Waals surface area (Å²) in [5.74, 6) is 0.125. The summed E-state index contributed by atoms with van der Waals surface area (Å²) in [5.41, 5.74) is 0.734. The molecule has 0 unspecified atom stereocenters. The number of hydrogen-bond donors (Lipinski definition) is 1. The first kappa shape index (κ1) is 18.9. The van der Waals surface area contributed by atoms with Gasteiger partial charge < -0.3 is 5.32 Å². The number of benzene rings is 1. The number of amides is 1. The van der Waals surface area contributed by atoms with Gasteiger partial charge in [-0.25, -0.2) is 0 Å². The zero-order valence-electron chi connectivity index (χ0n) is 13.9. The van der Waals surface area contributed by atoms with E-state index in [9.17, 15) is 14.9 Å². The summed E-state index contributed by atoms with van der Waals surface area (Å²) in [7, 11) is 0. The van der Waals surface area contributed by atoms with Gasteiger partial charge in [0.05, 0.1) is 11.5 Å². The van der Waals surface area contributed by atoms with Gasteiger partial charge in [0.2, 0.25) is 5.91 Å². The number of rotatable bonds is 7. The monoisotopic (exact) mass is 408 g/mol. The second-order valence-corrected chi connectivity index (χ2v) is 6.49. The highest BCUT2D eigenvalue weighted by Crippen LogP contribution is 2.21. The van der Waals surface area contributed by atoms with E-state index in [0.717, 1.165) is 11.8 Å². The largest absolute Gasteiger partial charge is 0.309 e. The van der Waals surface area contributed by atoms with Crippen molar-refractivity contribution in [3.63, 3.8) is 0 Å². The Morgan fingerprint density at radius 2 is 2.07 bits per heavy atom. The average Bonchev–Trinajstić information content (AvgIpc) is 3.25. The molecular formula is C16H14Cl2N6O3. The third-order valence-corrected chi connectivity index (χ3v) is 4.24. The SMILES string of the molecule is O=C(CCn1cc([N+](=O)[O-])cn1)Nc1ccn(Cc2ccc(Cl)cc2Cl)n1. The fourth-order valence-electron chi connectivity index (χ4n) is 2.33. The number of carbonyl (C=O) groups excluding carboxylic acids is 1. The van der Waals surface area contributed by atoms with Crippen molar-refractivity contribution in [2.24, 2.45) is 0 Å². The van der Waals surface area contributed by atoms with Crippen LogP contribution in [-0.4, -0.2) is 30.4 Å². The number of nitro groups is 1. The molecular weight excluding hydrogens is 395 g/mol. The van der Waals surface area contributed by atoms with Crippen molar-refractivity contribution in [1.29, 1.82) is 0 Å². The quantitative estimate of drug-likeness (QED) is 0.476. The van der Waals surface area contributed by atoms with Crippen molar-refractivity contribution in [3.05, 3.63) is 68.6 Å². The molecule has 9 nitrogen and oxygen atoms in total. The van der Waals surface area contributed by atoms with Crippen LogP contribution in [0.25, 0.3) is 0 Å². The number of halogens is 2. The van der Waals surface area contributed by atoms with E-state index >= 15 is 0 Å². The lowest BCUT2D eigenvalue weighted by Gasteiger charge is -2.05. The molecule has 0 aliphatic carbocycles. The van der Waals surface area contributed by atoms with Crippen LogP contribution in [0.4, 0.5) is 11.5 Å². The number of nitrogens with one attached hydrogen (secondary N) is 1. The summed E-state index contributed by atoms with van der Waals surface area (Å²) in [6.45, 7) is 0.656. The number of carbonyl (C=O) groups is 1. The minimum atomic E-state index is -0.539. The van der Waals surface area contributed by atoms with Gasteiger partial charge in [0, 0.05) is 35.3 Å². The third kappa shape index (κ3) is 5.05. The van der Waals surface area contributed by atoms with Crippen LogP contribution < -0.4 is 5.32 Å². The van der Waals surface area contributed by atoms with Crippen LogP contribution in [-0.2, 0) is 17.9 Å². The summed E-state index contributed by atoms with van der Waals surface area (Å²) in [5, 5.41) is 22.5. The highest BCUT2D eigenvalue weighted by Gasteiger charge is 2.11. The van der Waals surface area contributed by atoms with Gasteiger partial charge in [0.1, 0.15) is 12.4 Å². The van der Waals surface area contributed by atoms with Crippen LogP contribution in [0, 0.1) is 10.1 Å². The Balaban J connectivity index is 1.53. The fraction of sp³-hybridized carbons (Fsp3) is 0.188. The van der Waals surface area contributed by atoms with Gasteiger partial charge in [-0.1, -0.05) is 29.3 Å². The molecule has 27 heavy (non-hydrogen) atoms. The van der Waals surface area contributed by atoms with Gasteiger partial charge in [-0.2, -0.15) is 10.2 Å². The second kappa shape index (κ2) is 8.19. The highest BCUT2D eigenvalue weighted by atomic mass is 35.5. The summed E-state index contributed by atoms with van der Waals surface area (Å²) >= 11 is 12.0. The minimum Gasteiger partial charge on any atom is -0.309 e. The summed E-state index contributed by atoms with van der Waals surface area (Å²) in [6.07, 6.45) is 4.24. The van der Waals surface area contributed by atoms with E-state index in [1.54, 1.807) is 29.1 Å². The molecule has 3 aromatic rings. The lowest BCUT2D eigenvalue weighted by Crippen LogP contribution is -2.15. The highest BCUT2D eigenvalue weighted by molar-refractivity contribution is 6.35. The van der Waals surface area contributed by atoms with E-state index in [1.165, 1.54) is 10.9 Å². The summed E-state index contributed by atoms with van der Waals surface area (Å²) in [6, 6.07) is 6.88. The Labute approximate surface area is 163 Å². The summed E-state index contributed by atoms with van der Waals surface area (Å²) < 4.78 is 2.99. The van der Waals surface area contributed by atoms with Gasteiger partial charge >= 0.3 is 5.69 Å². The van der Waals surface area contributed by atoms with E-state index in [0.29, 0.717) is 22.4 Å². The zero-order valence-corrected chi connectivity index (χ0v) is 15.4. The van der Waals surface area contributed by atoms with Crippen molar-refractivity contribution in [2.75, 3.05) is 5.32 Å². The topological polar surface area (TPSA) is 108 Å². The maximum Gasteiger partial charge on any atom is 0.306 e. The molecule has 0 aliphatic rings. The Morgan fingerprint density at radius 3 is 2.78 bits per heavy atom. The second-order valence-electron chi connectivity index (χ2n) is 5.65. The molecule has 1 amide bonds. The van der Waals surface area contributed by atoms with E-state index in [1.807, 2.05) is 6.07 Å². The van der Waals surface area contributed by atoms with Crippen LogP contribution >= 0.6 is 23.2 Å². The number of anilines is 1. The Morgan fingerprint density at radius 1 is 1.26 bits per heavy atom. The van der Waals surface area contributed by atoms with Gasteiger partial charge in [-0.05, 0) is 17.7 Å². The molecule has 1 aromatic carbocycles. The van der Waals surface area contributed by atoms with Crippen molar-refractivity contribution < 1.29 is 9.72 Å². The van der Waals surface area contributed by atoms with Gasteiger partial charge in [-0.3, -0.25) is 24.3 Å². The molecule has 11 heteroatoms. The number of aromatic nitrogens is 4. The predicted octanol–water partition coefficient (Wildman–Crippen LogP) is 3.37. The normalized spacial score (nSPS) is 10.7. The molecule has 1 N–H and O–H groups in total. The molecule has 3 rings (SSSR count). The van der Waals surface area contributed by atoms with E-state index in [-0.39, 0.29) is 24.6 Å². The molecule has 0 saturated carbocycles. The first-order valence-electron chi connectivity index (χ1n) is 7.85. The smallest absolute Gasteiger partial charge is 0.306 e. The third-order valence-electron chi connectivity index (χ3n) is 3.65. The lowest BCUT2D eigenvalue weighted by atomic mass is 10.2. The van der Waals surface area contributed by atoms with Crippen LogP contribution in [0.2, 0.25) is 10.0 Å². The molecule has 2 aromatic heterocycles. The molecule has 0 fully saturated rings. The number of nitrogens with zero attached hydrogens (tertiary/aromatic N) is 5. The van der Waals surface area contributed by atoms with Crippen molar-refractivity contribution in [1.82, 2.24) is 19.6 Å². The molecule has 0 atom stereocenters. The summed E-state index contributed by atoms with van der Waals surface area (Å²) in [4.78, 5) is 22.1. The molecule has 0 radical (unpaired) electrons. The fourth-order valence-corrected chi connectivity index (χ4v) is 2.80. The average molecular weight is 409 g/mol. The van der Waals surface area contributed by atoms with Crippen molar-refractivity contribution in [3.8, 4) is 0 Å². The first-order valence-corrected chi connectivity index (χ1v) is 8.60. The first-order chi connectivity index (χ1) is 12.9. The van der Waals surface area contributed by atoms with Crippen LogP contribution in [0.5, 0.6) is 0 Å². The molecule has 0 aliphatic heterocycles. The molecule has 140 valence electrons. The molecule has 0 saturated heterocycles. The maximum absolute atomic E-state index is 12.0. The lowest BCUT2D eigenvalue weighted by molar-refractivity contribution is -0.385. The van der Waals surface area contributed by atoms with Gasteiger partial charge in [0.25, 0.3) is 0 Å². The maximum atomic E-state index is 12.0. The zero-order chi connectivity index (χ0) is 19.4. The van der Waals surface area contributed by atoms with Crippen LogP contribution in [0.1, 0.15) is 12.0 Å². The minimum absolute atomic E-state index is 0.106. The van der Waals surface area contributed by atoms with Crippen molar-refractivity contribution in [2.45, 2.75) is 19.5 Å². The van der Waals surface area contributed by atoms with E-state index in [4.69, 9.17) is 23.2 Å². The molecule has 0 spiro atoms. The Kier molecular flexibility index (Phi) is 5.72. The van der Waals surface area contributed by atoms with Crippen LogP contribution in [0.15, 0.2) is 42.9 Å². The Hall–Kier alpha value is -2.91. The van der Waals surface area contributed by atoms with Gasteiger partial charge in [0.15, 0.2) is 5.82 Å². The van der Waals surface area contributed by atoms with E-state index < -0.39 is 4.92 Å². The van der Waals surface area contributed by atoms with Gasteiger partial charge in [-0.15, -0.1) is 0 Å². The molecule has 2 heterocycles. The number of hydrogen-bond acceptors (Lipinski definition) is 5. The van der Waals surface area contributed by atoms with Crippen molar-refractivity contribution >= 4 is 40.6 Å².